The number of anilines is 1. The molecule has 1 aromatic heterocycles. The Labute approximate surface area is 238 Å². The summed E-state index contributed by atoms with van der Waals surface area (Å²) >= 11 is 1.48. The van der Waals surface area contributed by atoms with Gasteiger partial charge in [-0.15, -0.1) is 0 Å². The number of aryl methyl sites for hydroxylation is 2. The molecule has 2 fully saturated rings. The summed E-state index contributed by atoms with van der Waals surface area (Å²) in [6, 6.07) is 10.1. The number of ether oxygens (including phenoxy) is 2. The number of hydrogen-bond acceptors (Lipinski definition) is 8. The van der Waals surface area contributed by atoms with Crippen molar-refractivity contribution in [1.29, 1.82) is 0 Å². The van der Waals surface area contributed by atoms with Crippen molar-refractivity contribution < 1.29 is 27.5 Å². The zero-order valence-corrected chi connectivity index (χ0v) is 24.6. The van der Waals surface area contributed by atoms with Gasteiger partial charge in [0.05, 0.1) is 34.4 Å². The van der Waals surface area contributed by atoms with Crippen LogP contribution >= 0.6 is 11.3 Å². The Morgan fingerprint density at radius 1 is 1.07 bits per heavy atom. The number of amides is 2. The van der Waals surface area contributed by atoms with Gasteiger partial charge in [-0.2, -0.15) is 4.31 Å². The molecule has 40 heavy (non-hydrogen) atoms. The van der Waals surface area contributed by atoms with Crippen LogP contribution in [0.3, 0.4) is 0 Å². The maximum Gasteiger partial charge on any atom is 0.409 e. The molecule has 2 aliphatic heterocycles. The van der Waals surface area contributed by atoms with E-state index in [1.807, 2.05) is 19.9 Å². The SMILES string of the molecule is CCOC(=O)N1CCN(S(=O)(=O)c2ccc(C(=O)N(CC3CCCO3)c3nc4c(C)ccc(C)c4s3)cc2)CC1. The van der Waals surface area contributed by atoms with Crippen molar-refractivity contribution in [1.82, 2.24) is 14.2 Å². The van der Waals surface area contributed by atoms with Crippen LogP contribution in [-0.2, 0) is 19.5 Å². The van der Waals surface area contributed by atoms with E-state index in [0.717, 1.165) is 34.2 Å². The van der Waals surface area contributed by atoms with Crippen molar-refractivity contribution in [3.05, 3.63) is 53.1 Å². The summed E-state index contributed by atoms with van der Waals surface area (Å²) in [6.45, 7) is 7.95. The van der Waals surface area contributed by atoms with Gasteiger partial charge in [-0.3, -0.25) is 9.69 Å². The third-order valence-electron chi connectivity index (χ3n) is 7.32. The highest BCUT2D eigenvalue weighted by Gasteiger charge is 2.32. The van der Waals surface area contributed by atoms with Crippen LogP contribution in [-0.4, -0.2) is 86.6 Å². The number of thiazole rings is 1. The average Bonchev–Trinajstić information content (AvgIpc) is 3.65. The van der Waals surface area contributed by atoms with E-state index in [2.05, 4.69) is 6.07 Å². The molecule has 12 heteroatoms. The Morgan fingerprint density at radius 3 is 2.40 bits per heavy atom. The van der Waals surface area contributed by atoms with Crippen LogP contribution < -0.4 is 4.90 Å². The van der Waals surface area contributed by atoms with Crippen LogP contribution in [0.15, 0.2) is 41.3 Å². The quantitative estimate of drug-likeness (QED) is 0.408. The summed E-state index contributed by atoms with van der Waals surface area (Å²) in [4.78, 5) is 33.9. The predicted molar refractivity (Wildman–Crippen MR) is 154 cm³/mol. The zero-order chi connectivity index (χ0) is 28.4. The monoisotopic (exact) mass is 586 g/mol. The highest BCUT2D eigenvalue weighted by atomic mass is 32.2. The molecule has 2 aliphatic rings. The van der Waals surface area contributed by atoms with Gasteiger partial charge in [0, 0.05) is 38.3 Å². The Hall–Kier alpha value is -3.06. The van der Waals surface area contributed by atoms with Crippen LogP contribution in [0.1, 0.15) is 41.3 Å². The van der Waals surface area contributed by atoms with Gasteiger partial charge in [-0.1, -0.05) is 23.5 Å². The van der Waals surface area contributed by atoms with E-state index >= 15 is 0 Å². The van der Waals surface area contributed by atoms with E-state index in [1.165, 1.54) is 32.7 Å². The number of fused-ring (bicyclic) bond motifs is 1. The molecule has 3 aromatic rings. The Kier molecular flexibility index (Phi) is 8.41. The minimum Gasteiger partial charge on any atom is -0.450 e. The lowest BCUT2D eigenvalue weighted by Crippen LogP contribution is -2.50. The maximum atomic E-state index is 13.8. The average molecular weight is 587 g/mol. The molecule has 0 bridgehead atoms. The molecule has 214 valence electrons. The van der Waals surface area contributed by atoms with Crippen LogP contribution in [0, 0.1) is 13.8 Å². The molecule has 2 aromatic carbocycles. The molecular weight excluding hydrogens is 552 g/mol. The van der Waals surface area contributed by atoms with Gasteiger partial charge < -0.3 is 14.4 Å². The molecule has 0 N–H and O–H groups in total. The summed E-state index contributed by atoms with van der Waals surface area (Å²) in [7, 11) is -3.78. The fraction of sp³-hybridized carbons (Fsp3) is 0.464. The number of carbonyl (C=O) groups is 2. The number of hydrogen-bond donors (Lipinski definition) is 0. The second kappa shape index (κ2) is 11.8. The molecule has 1 unspecified atom stereocenters. The molecule has 10 nitrogen and oxygen atoms in total. The number of sulfonamides is 1. The van der Waals surface area contributed by atoms with E-state index in [9.17, 15) is 18.0 Å². The van der Waals surface area contributed by atoms with Crippen molar-refractivity contribution in [3.63, 3.8) is 0 Å². The van der Waals surface area contributed by atoms with Crippen LogP contribution in [0.2, 0.25) is 0 Å². The fourth-order valence-electron chi connectivity index (χ4n) is 5.00. The summed E-state index contributed by atoms with van der Waals surface area (Å²) in [5.41, 5.74) is 3.41. The first-order valence-electron chi connectivity index (χ1n) is 13.5. The molecule has 3 heterocycles. The van der Waals surface area contributed by atoms with Gasteiger partial charge in [0.25, 0.3) is 5.91 Å². The summed E-state index contributed by atoms with van der Waals surface area (Å²) in [6.07, 6.45) is 1.30. The van der Waals surface area contributed by atoms with Crippen molar-refractivity contribution >= 4 is 48.7 Å². The van der Waals surface area contributed by atoms with Gasteiger partial charge >= 0.3 is 6.09 Å². The molecule has 2 amide bonds. The summed E-state index contributed by atoms with van der Waals surface area (Å²) in [5.74, 6) is -0.253. The molecule has 0 spiro atoms. The number of aromatic nitrogens is 1. The normalized spacial score (nSPS) is 18.3. The highest BCUT2D eigenvalue weighted by Crippen LogP contribution is 2.34. The standard InChI is InChI=1S/C28H34N4O6S2/c1-4-37-28(34)30-13-15-31(16-14-30)40(35,36)23-11-9-21(10-12-23)26(33)32(18-22-6-5-17-38-22)27-29-24-19(2)7-8-20(3)25(24)39-27/h7-12,22H,4-6,13-18H2,1-3H3. The molecule has 0 radical (unpaired) electrons. The first kappa shape index (κ1) is 28.5. The molecule has 2 saturated heterocycles. The fourth-order valence-corrected chi connectivity index (χ4v) is 7.55. The smallest absolute Gasteiger partial charge is 0.409 e. The van der Waals surface area contributed by atoms with Gasteiger partial charge in [0.15, 0.2) is 5.13 Å². The van der Waals surface area contributed by atoms with E-state index in [0.29, 0.717) is 23.8 Å². The largest absolute Gasteiger partial charge is 0.450 e. The molecule has 0 aliphatic carbocycles. The molecular formula is C28H34N4O6S2. The number of piperazine rings is 1. The number of rotatable bonds is 7. The Morgan fingerprint density at radius 2 is 1.77 bits per heavy atom. The lowest BCUT2D eigenvalue weighted by atomic mass is 10.1. The molecule has 5 rings (SSSR count). The van der Waals surface area contributed by atoms with E-state index in [-0.39, 0.29) is 49.7 Å². The van der Waals surface area contributed by atoms with Crippen LogP contribution in [0.5, 0.6) is 0 Å². The van der Waals surface area contributed by atoms with E-state index in [1.54, 1.807) is 24.0 Å². The van der Waals surface area contributed by atoms with Crippen LogP contribution in [0.25, 0.3) is 10.2 Å². The predicted octanol–water partition coefficient (Wildman–Crippen LogP) is 4.20. The first-order valence-corrected chi connectivity index (χ1v) is 15.8. The van der Waals surface area contributed by atoms with Crippen molar-refractivity contribution in [2.75, 3.05) is 50.8 Å². The third kappa shape index (κ3) is 5.71. The van der Waals surface area contributed by atoms with Crippen molar-refractivity contribution in [2.24, 2.45) is 0 Å². The molecule has 1 atom stereocenters. The Balaban J connectivity index is 1.36. The number of benzene rings is 2. The van der Waals surface area contributed by atoms with Gasteiger partial charge in [0.2, 0.25) is 10.0 Å². The summed E-state index contributed by atoms with van der Waals surface area (Å²) < 4.78 is 39.8. The van der Waals surface area contributed by atoms with Gasteiger partial charge in [0.1, 0.15) is 0 Å². The zero-order valence-electron chi connectivity index (χ0n) is 23.0. The molecule has 0 saturated carbocycles. The minimum absolute atomic E-state index is 0.0777. The highest BCUT2D eigenvalue weighted by molar-refractivity contribution is 7.89. The van der Waals surface area contributed by atoms with E-state index in [4.69, 9.17) is 14.5 Å². The second-order valence-corrected chi connectivity index (χ2v) is 13.0. The minimum atomic E-state index is -3.78. The van der Waals surface area contributed by atoms with Gasteiger partial charge in [-0.05, 0) is 69.0 Å². The Bertz CT molecular complexity index is 1450. The lowest BCUT2D eigenvalue weighted by Gasteiger charge is -2.33. The summed E-state index contributed by atoms with van der Waals surface area (Å²) in [5, 5.41) is 0.601. The third-order valence-corrected chi connectivity index (χ3v) is 10.4. The van der Waals surface area contributed by atoms with Gasteiger partial charge in [-0.25, -0.2) is 18.2 Å². The van der Waals surface area contributed by atoms with Crippen molar-refractivity contribution in [3.8, 4) is 0 Å². The van der Waals surface area contributed by atoms with E-state index < -0.39 is 16.1 Å². The second-order valence-electron chi connectivity index (χ2n) is 10.0. The van der Waals surface area contributed by atoms with Crippen molar-refractivity contribution in [2.45, 2.75) is 44.6 Å². The number of nitrogens with zero attached hydrogens (tertiary/aromatic N) is 4. The first-order chi connectivity index (χ1) is 19.2. The van der Waals surface area contributed by atoms with Crippen LogP contribution in [0.4, 0.5) is 9.93 Å². The lowest BCUT2D eigenvalue weighted by molar-refractivity contribution is 0.0916. The number of carbonyl (C=O) groups excluding carboxylic acids is 2. The maximum absolute atomic E-state index is 13.8. The topological polar surface area (TPSA) is 109 Å².